The molecule has 1 atom stereocenters. The van der Waals surface area contributed by atoms with Gasteiger partial charge in [0.1, 0.15) is 11.5 Å². The molecule has 144 valence electrons. The maximum atomic E-state index is 12.5. The predicted octanol–water partition coefficient (Wildman–Crippen LogP) is 3.58. The minimum atomic E-state index is -0.694. The van der Waals surface area contributed by atoms with E-state index >= 15 is 0 Å². The first kappa shape index (κ1) is 20.3. The molecule has 0 aromatic heterocycles. The van der Waals surface area contributed by atoms with Crippen molar-refractivity contribution in [1.29, 1.82) is 0 Å². The van der Waals surface area contributed by atoms with Crippen molar-refractivity contribution in [3.05, 3.63) is 54.1 Å². The minimum Gasteiger partial charge on any atom is -0.497 e. The number of nitrogens with zero attached hydrogens (tertiary/aromatic N) is 1. The highest BCUT2D eigenvalue weighted by Gasteiger charge is 2.17. The zero-order valence-electron chi connectivity index (χ0n) is 16.2. The van der Waals surface area contributed by atoms with E-state index in [0.29, 0.717) is 35.8 Å². The van der Waals surface area contributed by atoms with Gasteiger partial charge in [0.15, 0.2) is 6.10 Å². The first-order valence-corrected chi connectivity index (χ1v) is 8.99. The van der Waals surface area contributed by atoms with Crippen LogP contribution in [0.25, 0.3) is 0 Å². The van der Waals surface area contributed by atoms with Crippen LogP contribution in [0.1, 0.15) is 31.1 Å². The maximum Gasteiger partial charge on any atom is 0.265 e. The Morgan fingerprint density at radius 1 is 1.04 bits per heavy atom. The molecule has 0 saturated heterocycles. The van der Waals surface area contributed by atoms with Crippen molar-refractivity contribution in [3.8, 4) is 11.5 Å². The molecule has 0 bridgehead atoms. The van der Waals surface area contributed by atoms with Gasteiger partial charge in [-0.3, -0.25) is 9.59 Å². The van der Waals surface area contributed by atoms with E-state index in [4.69, 9.17) is 9.47 Å². The fraction of sp³-hybridized carbons (Fsp3) is 0.333. The van der Waals surface area contributed by atoms with Gasteiger partial charge in [0.2, 0.25) is 0 Å². The number of rotatable bonds is 8. The van der Waals surface area contributed by atoms with Crippen LogP contribution in [0, 0.1) is 0 Å². The van der Waals surface area contributed by atoms with Crippen molar-refractivity contribution in [3.63, 3.8) is 0 Å². The van der Waals surface area contributed by atoms with E-state index in [1.807, 2.05) is 13.8 Å². The van der Waals surface area contributed by atoms with E-state index in [9.17, 15) is 9.59 Å². The molecule has 27 heavy (non-hydrogen) atoms. The number of nitrogens with one attached hydrogen (secondary N) is 1. The summed E-state index contributed by atoms with van der Waals surface area (Å²) in [5.74, 6) is 0.940. The lowest BCUT2D eigenvalue weighted by atomic mass is 10.1. The molecular weight excluding hydrogens is 344 g/mol. The molecule has 1 unspecified atom stereocenters. The SMILES string of the molecule is CCN(CC)C(=O)c1cccc(NC(=O)C(C)Oc2ccc(OC)cc2)c1. The second-order valence-electron chi connectivity index (χ2n) is 5.98. The van der Waals surface area contributed by atoms with Gasteiger partial charge in [0.25, 0.3) is 11.8 Å². The van der Waals surface area contributed by atoms with Gasteiger partial charge in [0, 0.05) is 24.3 Å². The van der Waals surface area contributed by atoms with E-state index in [1.54, 1.807) is 67.5 Å². The largest absolute Gasteiger partial charge is 0.497 e. The Morgan fingerprint density at radius 3 is 2.26 bits per heavy atom. The Kier molecular flexibility index (Phi) is 7.23. The van der Waals surface area contributed by atoms with Crippen molar-refractivity contribution in [2.45, 2.75) is 26.9 Å². The van der Waals surface area contributed by atoms with Crippen LogP contribution in [0.5, 0.6) is 11.5 Å². The summed E-state index contributed by atoms with van der Waals surface area (Å²) < 4.78 is 10.8. The van der Waals surface area contributed by atoms with Crippen molar-refractivity contribution >= 4 is 17.5 Å². The number of amides is 2. The summed E-state index contributed by atoms with van der Waals surface area (Å²) in [5, 5.41) is 2.80. The third-order valence-corrected chi connectivity index (χ3v) is 4.17. The number of benzene rings is 2. The molecule has 0 aliphatic rings. The van der Waals surface area contributed by atoms with Crippen LogP contribution < -0.4 is 14.8 Å². The summed E-state index contributed by atoms with van der Waals surface area (Å²) in [4.78, 5) is 26.6. The summed E-state index contributed by atoms with van der Waals surface area (Å²) in [6.07, 6.45) is -0.694. The van der Waals surface area contributed by atoms with Gasteiger partial charge < -0.3 is 19.7 Å². The second kappa shape index (κ2) is 9.62. The lowest BCUT2D eigenvalue weighted by Gasteiger charge is -2.19. The Balaban J connectivity index is 2.01. The summed E-state index contributed by atoms with van der Waals surface area (Å²) in [6.45, 7) is 6.82. The van der Waals surface area contributed by atoms with Gasteiger partial charge >= 0.3 is 0 Å². The molecule has 0 aliphatic carbocycles. The third kappa shape index (κ3) is 5.48. The van der Waals surface area contributed by atoms with Crippen LogP contribution in [0.15, 0.2) is 48.5 Å². The van der Waals surface area contributed by atoms with E-state index in [2.05, 4.69) is 5.32 Å². The van der Waals surface area contributed by atoms with Crippen LogP contribution in [0.2, 0.25) is 0 Å². The highest BCUT2D eigenvalue weighted by Crippen LogP contribution is 2.19. The van der Waals surface area contributed by atoms with Gasteiger partial charge in [0.05, 0.1) is 7.11 Å². The molecule has 0 radical (unpaired) electrons. The molecule has 0 saturated carbocycles. The third-order valence-electron chi connectivity index (χ3n) is 4.17. The fourth-order valence-electron chi connectivity index (χ4n) is 2.58. The predicted molar refractivity (Wildman–Crippen MR) is 105 cm³/mol. The van der Waals surface area contributed by atoms with Gasteiger partial charge in [-0.05, 0) is 63.2 Å². The van der Waals surface area contributed by atoms with Gasteiger partial charge in [-0.25, -0.2) is 0 Å². The smallest absolute Gasteiger partial charge is 0.265 e. The monoisotopic (exact) mass is 370 g/mol. The zero-order chi connectivity index (χ0) is 19.8. The molecule has 2 rings (SSSR count). The Bertz CT molecular complexity index is 770. The summed E-state index contributed by atoms with van der Waals surface area (Å²) in [5.41, 5.74) is 1.10. The number of hydrogen-bond acceptors (Lipinski definition) is 4. The van der Waals surface area contributed by atoms with Crippen LogP contribution in [0.3, 0.4) is 0 Å². The molecule has 0 spiro atoms. The molecule has 0 heterocycles. The molecule has 1 N–H and O–H groups in total. The molecule has 6 nitrogen and oxygen atoms in total. The number of anilines is 1. The Hall–Kier alpha value is -3.02. The number of hydrogen-bond donors (Lipinski definition) is 1. The van der Waals surface area contributed by atoms with E-state index in [1.165, 1.54) is 0 Å². The zero-order valence-corrected chi connectivity index (χ0v) is 16.2. The van der Waals surface area contributed by atoms with Crippen LogP contribution in [-0.4, -0.2) is 43.0 Å². The molecule has 2 aromatic carbocycles. The van der Waals surface area contributed by atoms with Crippen LogP contribution in [0.4, 0.5) is 5.69 Å². The average molecular weight is 370 g/mol. The van der Waals surface area contributed by atoms with Crippen molar-refractivity contribution < 1.29 is 19.1 Å². The minimum absolute atomic E-state index is 0.0568. The highest BCUT2D eigenvalue weighted by molar-refractivity contribution is 5.98. The number of ether oxygens (including phenoxy) is 2. The van der Waals surface area contributed by atoms with Gasteiger partial charge in [-0.15, -0.1) is 0 Å². The van der Waals surface area contributed by atoms with E-state index in [-0.39, 0.29) is 11.8 Å². The second-order valence-corrected chi connectivity index (χ2v) is 5.98. The first-order chi connectivity index (χ1) is 13.0. The van der Waals surface area contributed by atoms with Crippen molar-refractivity contribution in [2.75, 3.05) is 25.5 Å². The van der Waals surface area contributed by atoms with Crippen molar-refractivity contribution in [1.82, 2.24) is 4.90 Å². The Morgan fingerprint density at radius 2 is 1.67 bits per heavy atom. The normalized spacial score (nSPS) is 11.4. The van der Waals surface area contributed by atoms with Gasteiger partial charge in [-0.2, -0.15) is 0 Å². The van der Waals surface area contributed by atoms with Crippen LogP contribution >= 0.6 is 0 Å². The lowest BCUT2D eigenvalue weighted by Crippen LogP contribution is -2.31. The van der Waals surface area contributed by atoms with Crippen molar-refractivity contribution in [2.24, 2.45) is 0 Å². The highest BCUT2D eigenvalue weighted by atomic mass is 16.5. The fourth-order valence-corrected chi connectivity index (χ4v) is 2.58. The topological polar surface area (TPSA) is 67.9 Å². The molecule has 2 amide bonds. The lowest BCUT2D eigenvalue weighted by molar-refractivity contribution is -0.122. The quantitative estimate of drug-likeness (QED) is 0.771. The average Bonchev–Trinajstić information content (AvgIpc) is 2.69. The summed E-state index contributed by atoms with van der Waals surface area (Å²) in [7, 11) is 1.59. The van der Waals surface area contributed by atoms with Crippen LogP contribution in [-0.2, 0) is 4.79 Å². The number of carbonyl (C=O) groups is 2. The molecule has 0 aliphatic heterocycles. The molecule has 6 heteroatoms. The van der Waals surface area contributed by atoms with Gasteiger partial charge in [-0.1, -0.05) is 6.07 Å². The number of methoxy groups -OCH3 is 1. The summed E-state index contributed by atoms with van der Waals surface area (Å²) >= 11 is 0. The van der Waals surface area contributed by atoms with E-state index < -0.39 is 6.10 Å². The standard InChI is InChI=1S/C21H26N2O4/c1-5-23(6-2)21(25)16-8-7-9-17(14-16)22-20(24)15(3)27-19-12-10-18(26-4)11-13-19/h7-15H,5-6H2,1-4H3,(H,22,24). The Labute approximate surface area is 160 Å². The first-order valence-electron chi connectivity index (χ1n) is 8.99. The molecule has 2 aromatic rings. The molecular formula is C21H26N2O4. The van der Waals surface area contributed by atoms with E-state index in [0.717, 1.165) is 0 Å². The maximum absolute atomic E-state index is 12.5. The molecule has 0 fully saturated rings. The number of carbonyl (C=O) groups excluding carboxylic acids is 2. The summed E-state index contributed by atoms with van der Waals surface area (Å²) in [6, 6.07) is 13.9.